The van der Waals surface area contributed by atoms with Gasteiger partial charge in [-0.3, -0.25) is 4.79 Å². The Morgan fingerprint density at radius 2 is 2.08 bits per heavy atom. The van der Waals surface area contributed by atoms with Crippen molar-refractivity contribution >= 4 is 17.4 Å². The summed E-state index contributed by atoms with van der Waals surface area (Å²) in [6.45, 7) is 6.34. The van der Waals surface area contributed by atoms with Crippen molar-refractivity contribution in [1.29, 1.82) is 5.26 Å². The molecule has 1 fully saturated rings. The molecule has 37 heavy (non-hydrogen) atoms. The van der Waals surface area contributed by atoms with Gasteiger partial charge in [-0.05, 0) is 43.4 Å². The Bertz CT molecular complexity index is 1230. The van der Waals surface area contributed by atoms with E-state index < -0.39 is 0 Å². The number of nitrogens with zero attached hydrogens (tertiary/aromatic N) is 6. The number of rotatable bonds is 6. The van der Waals surface area contributed by atoms with Crippen LogP contribution in [0.15, 0.2) is 30.9 Å². The minimum Gasteiger partial charge on any atom is -0.497 e. The highest BCUT2D eigenvalue weighted by Crippen LogP contribution is 2.38. The van der Waals surface area contributed by atoms with Crippen LogP contribution in [0.1, 0.15) is 36.1 Å². The van der Waals surface area contributed by atoms with Crippen LogP contribution in [0.5, 0.6) is 11.8 Å². The van der Waals surface area contributed by atoms with Gasteiger partial charge in [0.05, 0.1) is 38.4 Å². The summed E-state index contributed by atoms with van der Waals surface area (Å²) in [7, 11) is 3.31. The Labute approximate surface area is 218 Å². The molecule has 2 atom stereocenters. The zero-order chi connectivity index (χ0) is 25.9. The van der Waals surface area contributed by atoms with Gasteiger partial charge in [0.15, 0.2) is 0 Å². The van der Waals surface area contributed by atoms with Crippen LogP contribution >= 0.6 is 0 Å². The van der Waals surface area contributed by atoms with Gasteiger partial charge in [-0.25, -0.2) is 0 Å². The molecule has 1 unspecified atom stereocenters. The van der Waals surface area contributed by atoms with Crippen molar-refractivity contribution in [2.75, 3.05) is 50.2 Å². The number of fused-ring (bicyclic) bond motifs is 2. The van der Waals surface area contributed by atoms with Gasteiger partial charge in [0, 0.05) is 56.0 Å². The first kappa shape index (κ1) is 24.9. The molecule has 1 amide bonds. The molecule has 0 N–H and O–H groups in total. The molecule has 2 aliphatic heterocycles. The lowest BCUT2D eigenvalue weighted by molar-refractivity contribution is -0.128. The average Bonchev–Trinajstić information content (AvgIpc) is 2.95. The zero-order valence-electron chi connectivity index (χ0n) is 21.7. The molecule has 2 aromatic rings. The van der Waals surface area contributed by atoms with Crippen molar-refractivity contribution < 1.29 is 14.3 Å². The van der Waals surface area contributed by atoms with Crippen LogP contribution in [0.25, 0.3) is 0 Å². The smallest absolute Gasteiger partial charge is 0.318 e. The number of anilines is 2. The van der Waals surface area contributed by atoms with Crippen molar-refractivity contribution in [3.05, 3.63) is 47.7 Å². The monoisotopic (exact) mass is 502 g/mol. The number of aromatic nitrogens is 2. The van der Waals surface area contributed by atoms with Gasteiger partial charge < -0.3 is 24.2 Å². The number of piperazine rings is 1. The molecule has 0 spiro atoms. The minimum atomic E-state index is -0.211. The molecule has 9 heteroatoms. The number of hydrogen-bond donors (Lipinski definition) is 0. The maximum atomic E-state index is 12.4. The molecule has 1 saturated heterocycles. The van der Waals surface area contributed by atoms with Crippen molar-refractivity contribution in [2.45, 2.75) is 50.6 Å². The summed E-state index contributed by atoms with van der Waals surface area (Å²) < 4.78 is 11.0. The molecular formula is C28H34N6O3. The van der Waals surface area contributed by atoms with Gasteiger partial charge in [-0.2, -0.15) is 15.2 Å². The molecule has 9 nitrogen and oxygen atoms in total. The maximum absolute atomic E-state index is 12.4. The highest BCUT2D eigenvalue weighted by atomic mass is 16.5. The molecule has 1 aliphatic carbocycles. The van der Waals surface area contributed by atoms with Crippen LogP contribution in [0, 0.1) is 11.3 Å². The molecule has 3 aliphatic rings. The van der Waals surface area contributed by atoms with E-state index in [1.165, 1.54) is 17.3 Å². The predicted molar refractivity (Wildman–Crippen MR) is 141 cm³/mol. The van der Waals surface area contributed by atoms with Crippen LogP contribution in [-0.4, -0.2) is 73.3 Å². The van der Waals surface area contributed by atoms with Gasteiger partial charge in [0.2, 0.25) is 5.91 Å². The van der Waals surface area contributed by atoms with E-state index in [4.69, 9.17) is 19.4 Å². The largest absolute Gasteiger partial charge is 0.497 e. The van der Waals surface area contributed by atoms with E-state index in [-0.39, 0.29) is 18.4 Å². The lowest BCUT2D eigenvalue weighted by Crippen LogP contribution is -2.55. The normalized spacial score (nSPS) is 20.9. The molecule has 0 radical (unpaired) electrons. The summed E-state index contributed by atoms with van der Waals surface area (Å²) in [4.78, 5) is 28.4. The van der Waals surface area contributed by atoms with E-state index >= 15 is 0 Å². The second-order valence-electron chi connectivity index (χ2n) is 9.85. The maximum Gasteiger partial charge on any atom is 0.318 e. The third-order valence-electron chi connectivity index (χ3n) is 7.84. The fourth-order valence-electron chi connectivity index (χ4n) is 6.00. The minimum absolute atomic E-state index is 0.136. The van der Waals surface area contributed by atoms with E-state index in [9.17, 15) is 10.1 Å². The van der Waals surface area contributed by atoms with Gasteiger partial charge >= 0.3 is 6.01 Å². The summed E-state index contributed by atoms with van der Waals surface area (Å²) in [5, 5.41) is 9.39. The fourth-order valence-corrected chi connectivity index (χ4v) is 6.00. The Balaban J connectivity index is 1.43. The van der Waals surface area contributed by atoms with Crippen LogP contribution in [0.4, 0.5) is 11.5 Å². The van der Waals surface area contributed by atoms with Crippen molar-refractivity contribution in [3.63, 3.8) is 0 Å². The summed E-state index contributed by atoms with van der Waals surface area (Å²) in [6, 6.07) is 9.11. The first-order valence-electron chi connectivity index (χ1n) is 13.0. The molecular weight excluding hydrogens is 468 g/mol. The van der Waals surface area contributed by atoms with Crippen LogP contribution in [-0.2, 0) is 24.1 Å². The molecule has 5 rings (SSSR count). The first-order chi connectivity index (χ1) is 18.1. The number of methoxy groups -OCH3 is 2. The lowest BCUT2D eigenvalue weighted by Gasteiger charge is -2.43. The van der Waals surface area contributed by atoms with Gasteiger partial charge in [-0.1, -0.05) is 12.6 Å². The Kier molecular flexibility index (Phi) is 7.17. The quantitative estimate of drug-likeness (QED) is 0.557. The molecule has 1 aromatic carbocycles. The number of aryl methyl sites for hydroxylation is 1. The number of carbonyl (C=O) groups excluding carboxylic acids is 1. The van der Waals surface area contributed by atoms with E-state index in [1.807, 2.05) is 6.07 Å². The third-order valence-corrected chi connectivity index (χ3v) is 7.84. The highest BCUT2D eigenvalue weighted by Gasteiger charge is 2.35. The van der Waals surface area contributed by atoms with E-state index in [0.717, 1.165) is 61.5 Å². The number of benzene rings is 1. The van der Waals surface area contributed by atoms with Gasteiger partial charge in [-0.15, -0.1) is 0 Å². The Morgan fingerprint density at radius 3 is 2.84 bits per heavy atom. The van der Waals surface area contributed by atoms with E-state index in [1.54, 1.807) is 19.1 Å². The fraction of sp³-hybridized carbons (Fsp3) is 0.500. The summed E-state index contributed by atoms with van der Waals surface area (Å²) >= 11 is 0. The van der Waals surface area contributed by atoms with Gasteiger partial charge in [0.1, 0.15) is 11.6 Å². The number of ether oxygens (including phenoxy) is 2. The molecule has 0 bridgehead atoms. The van der Waals surface area contributed by atoms with Crippen LogP contribution in [0.3, 0.4) is 0 Å². The number of nitriles is 1. The van der Waals surface area contributed by atoms with Crippen LogP contribution < -0.4 is 19.3 Å². The third kappa shape index (κ3) is 4.80. The number of amides is 1. The van der Waals surface area contributed by atoms with Crippen molar-refractivity contribution in [3.8, 4) is 17.8 Å². The summed E-state index contributed by atoms with van der Waals surface area (Å²) in [5.41, 5.74) is 4.81. The molecule has 0 saturated carbocycles. The summed E-state index contributed by atoms with van der Waals surface area (Å²) in [6.07, 6.45) is 6.49. The second-order valence-corrected chi connectivity index (χ2v) is 9.85. The summed E-state index contributed by atoms with van der Waals surface area (Å²) in [5.74, 6) is 1.62. The van der Waals surface area contributed by atoms with E-state index in [0.29, 0.717) is 31.7 Å². The van der Waals surface area contributed by atoms with Gasteiger partial charge in [0.25, 0.3) is 0 Å². The van der Waals surface area contributed by atoms with Crippen molar-refractivity contribution in [1.82, 2.24) is 14.9 Å². The first-order valence-corrected chi connectivity index (χ1v) is 13.0. The van der Waals surface area contributed by atoms with E-state index in [2.05, 4.69) is 34.6 Å². The number of hydrogen-bond acceptors (Lipinski definition) is 8. The highest BCUT2D eigenvalue weighted by molar-refractivity contribution is 5.87. The van der Waals surface area contributed by atoms with Crippen LogP contribution in [0.2, 0.25) is 0 Å². The number of carbonyl (C=O) groups is 1. The molecule has 3 heterocycles. The second kappa shape index (κ2) is 10.7. The zero-order valence-corrected chi connectivity index (χ0v) is 21.7. The predicted octanol–water partition coefficient (Wildman–Crippen LogP) is 2.92. The Hall–Kier alpha value is -3.80. The average molecular weight is 503 g/mol. The molecule has 194 valence electrons. The standard InChI is InChI=1S/C28H34N6O3/c1-4-26(35)34-15-14-32(18-21(34)11-12-29)27-23-10-8-20(16-24(23)30-28(31-27)37-3)33-13-5-6-19-7-9-22(36-2)17-25(19)33/h4,7,9,17,20-21H,1,5-6,8,10-11,13-16,18H2,2-3H3/t20?,21-/m0/s1. The topological polar surface area (TPSA) is 94.8 Å². The SMILES string of the molecule is C=CC(=O)N1CCN(c2nc(OC)nc3c2CCC(N2CCCc4ccc(OC)cc42)C3)C[C@@H]1CC#N. The molecule has 1 aromatic heterocycles. The Morgan fingerprint density at radius 1 is 1.22 bits per heavy atom. The lowest BCUT2D eigenvalue weighted by atomic mass is 9.88. The van der Waals surface area contributed by atoms with Crippen molar-refractivity contribution in [2.24, 2.45) is 0 Å².